The Kier molecular flexibility index (Phi) is 3.29. The van der Waals surface area contributed by atoms with Crippen LogP contribution in [0.5, 0.6) is 0 Å². The summed E-state index contributed by atoms with van der Waals surface area (Å²) in [5.41, 5.74) is 7.77. The Hall–Kier alpha value is -1.95. The number of carbonyl (C=O) groups excluding carboxylic acids is 1. The van der Waals surface area contributed by atoms with Crippen LogP contribution in [0.25, 0.3) is 0 Å². The number of hydrogen-bond donors (Lipinski definition) is 2. The van der Waals surface area contributed by atoms with Crippen LogP contribution in [0.1, 0.15) is 25.9 Å². The first-order valence-corrected chi connectivity index (χ1v) is 6.26. The second-order valence-corrected chi connectivity index (χ2v) is 5.24. The Labute approximate surface area is 109 Å². The number of anilines is 2. The smallest absolute Gasteiger partial charge is 0.268 e. The van der Waals surface area contributed by atoms with Crippen molar-refractivity contribution in [1.29, 1.82) is 0 Å². The number of carbonyl (C=O) groups is 1. The van der Waals surface area contributed by atoms with Gasteiger partial charge in [0.05, 0.1) is 22.6 Å². The molecule has 2 rings (SSSR count). The molecule has 0 atom stereocenters. The average molecular weight is 262 g/mol. The number of nitrogen functional groups attached to an aromatic ring is 1. The average Bonchev–Trinajstić information content (AvgIpc) is 2.62. The van der Waals surface area contributed by atoms with Crippen LogP contribution in [0.15, 0.2) is 12.3 Å². The summed E-state index contributed by atoms with van der Waals surface area (Å²) in [5, 5.41) is 3.65. The lowest BCUT2D eigenvalue weighted by atomic mass is 10.2. The Morgan fingerprint density at radius 2 is 2.11 bits per heavy atom. The topological polar surface area (TPSA) is 80.9 Å². The fourth-order valence-corrected chi connectivity index (χ4v) is 2.45. The van der Waals surface area contributed by atoms with Gasteiger partial charge in [-0.15, -0.1) is 11.3 Å². The van der Waals surface area contributed by atoms with E-state index >= 15 is 0 Å². The van der Waals surface area contributed by atoms with Gasteiger partial charge in [-0.05, 0) is 32.4 Å². The second-order valence-electron chi connectivity index (χ2n) is 4.04. The van der Waals surface area contributed by atoms with Crippen molar-refractivity contribution in [2.75, 3.05) is 11.1 Å². The predicted octanol–water partition coefficient (Wildman–Crippen LogP) is 2.30. The highest BCUT2D eigenvalue weighted by Crippen LogP contribution is 2.20. The molecule has 3 N–H and O–H groups in total. The van der Waals surface area contributed by atoms with Crippen LogP contribution in [-0.2, 0) is 0 Å². The summed E-state index contributed by atoms with van der Waals surface area (Å²) in [6.07, 6.45) is 1.52. The van der Waals surface area contributed by atoms with Crippen LogP contribution >= 0.6 is 11.3 Å². The fourth-order valence-electron chi connectivity index (χ4n) is 1.63. The number of nitrogens with two attached hydrogens (primary N) is 1. The Balaban J connectivity index is 2.24. The van der Waals surface area contributed by atoms with E-state index in [0.717, 1.165) is 16.3 Å². The van der Waals surface area contributed by atoms with Crippen molar-refractivity contribution < 1.29 is 4.79 Å². The maximum absolute atomic E-state index is 12.1. The van der Waals surface area contributed by atoms with Gasteiger partial charge in [0.25, 0.3) is 5.91 Å². The van der Waals surface area contributed by atoms with Gasteiger partial charge in [-0.25, -0.2) is 9.97 Å². The van der Waals surface area contributed by atoms with Gasteiger partial charge in [-0.2, -0.15) is 0 Å². The van der Waals surface area contributed by atoms with Gasteiger partial charge >= 0.3 is 0 Å². The van der Waals surface area contributed by atoms with Crippen molar-refractivity contribution in [3.63, 3.8) is 0 Å². The standard InChI is InChI=1S/C12H14N4OS/c1-6-4-9(13)5-14-11(6)16-12(17)10-7(2)15-8(3)18-10/h4-5H,13H2,1-3H3,(H,14,16,17). The highest BCUT2D eigenvalue weighted by Gasteiger charge is 2.15. The van der Waals surface area contributed by atoms with Crippen LogP contribution in [0.2, 0.25) is 0 Å². The van der Waals surface area contributed by atoms with E-state index in [4.69, 9.17) is 5.73 Å². The number of nitrogens with one attached hydrogen (secondary N) is 1. The van der Waals surface area contributed by atoms with Gasteiger partial charge in [0, 0.05) is 0 Å². The maximum atomic E-state index is 12.1. The first-order chi connectivity index (χ1) is 8.47. The summed E-state index contributed by atoms with van der Waals surface area (Å²) in [6, 6.07) is 1.77. The SMILES string of the molecule is Cc1nc(C)c(C(=O)Nc2ncc(N)cc2C)s1. The lowest BCUT2D eigenvalue weighted by molar-refractivity contribution is 0.102. The summed E-state index contributed by atoms with van der Waals surface area (Å²) >= 11 is 1.38. The van der Waals surface area contributed by atoms with E-state index in [1.807, 2.05) is 20.8 Å². The molecule has 1 amide bonds. The van der Waals surface area contributed by atoms with Crippen LogP contribution in [0.3, 0.4) is 0 Å². The molecule has 0 spiro atoms. The Bertz CT molecular complexity index is 606. The normalized spacial score (nSPS) is 10.4. The first kappa shape index (κ1) is 12.5. The molecule has 0 saturated heterocycles. The quantitative estimate of drug-likeness (QED) is 0.870. The molecular weight excluding hydrogens is 248 g/mol. The van der Waals surface area contributed by atoms with Crippen molar-refractivity contribution in [2.45, 2.75) is 20.8 Å². The summed E-state index contributed by atoms with van der Waals surface area (Å²) in [7, 11) is 0. The fraction of sp³-hybridized carbons (Fsp3) is 0.250. The van der Waals surface area contributed by atoms with Gasteiger partial charge in [0.1, 0.15) is 10.7 Å². The van der Waals surface area contributed by atoms with E-state index in [-0.39, 0.29) is 5.91 Å². The lowest BCUT2D eigenvalue weighted by Gasteiger charge is -2.06. The highest BCUT2D eigenvalue weighted by atomic mass is 32.1. The van der Waals surface area contributed by atoms with Gasteiger partial charge in [-0.3, -0.25) is 4.79 Å². The number of nitrogens with zero attached hydrogens (tertiary/aromatic N) is 2. The highest BCUT2D eigenvalue weighted by molar-refractivity contribution is 7.13. The zero-order valence-electron chi connectivity index (χ0n) is 10.4. The third kappa shape index (κ3) is 2.48. The molecule has 18 heavy (non-hydrogen) atoms. The van der Waals surface area contributed by atoms with E-state index in [9.17, 15) is 4.79 Å². The molecule has 0 bridgehead atoms. The molecule has 0 radical (unpaired) electrons. The van der Waals surface area contributed by atoms with Crippen LogP contribution < -0.4 is 11.1 Å². The molecule has 0 unspecified atom stereocenters. The molecule has 0 aliphatic rings. The van der Waals surface area contributed by atoms with Crippen molar-refractivity contribution in [3.05, 3.63) is 33.4 Å². The van der Waals surface area contributed by atoms with Crippen molar-refractivity contribution >= 4 is 28.7 Å². The summed E-state index contributed by atoms with van der Waals surface area (Å²) in [5.74, 6) is 0.345. The molecule has 2 aromatic rings. The Morgan fingerprint density at radius 1 is 1.39 bits per heavy atom. The van der Waals surface area contributed by atoms with E-state index in [1.165, 1.54) is 17.5 Å². The molecule has 2 aromatic heterocycles. The zero-order valence-corrected chi connectivity index (χ0v) is 11.3. The number of aromatic nitrogens is 2. The number of aryl methyl sites for hydroxylation is 3. The van der Waals surface area contributed by atoms with E-state index in [2.05, 4.69) is 15.3 Å². The number of amides is 1. The minimum absolute atomic E-state index is 0.182. The molecule has 2 heterocycles. The number of thiazole rings is 1. The van der Waals surface area contributed by atoms with E-state index in [1.54, 1.807) is 6.07 Å². The minimum Gasteiger partial charge on any atom is -0.397 e. The molecular formula is C12H14N4OS. The van der Waals surface area contributed by atoms with Gasteiger partial charge in [0.2, 0.25) is 0 Å². The molecule has 6 heteroatoms. The second kappa shape index (κ2) is 4.73. The summed E-state index contributed by atoms with van der Waals surface area (Å²) in [4.78, 5) is 21.0. The minimum atomic E-state index is -0.182. The molecule has 94 valence electrons. The van der Waals surface area contributed by atoms with Crippen molar-refractivity contribution in [3.8, 4) is 0 Å². The first-order valence-electron chi connectivity index (χ1n) is 5.45. The van der Waals surface area contributed by atoms with Crippen LogP contribution in [0, 0.1) is 20.8 Å². The Morgan fingerprint density at radius 3 is 2.67 bits per heavy atom. The number of pyridine rings is 1. The number of rotatable bonds is 2. The monoisotopic (exact) mass is 262 g/mol. The molecule has 0 aliphatic carbocycles. The molecule has 5 nitrogen and oxygen atoms in total. The van der Waals surface area contributed by atoms with Crippen LogP contribution in [0.4, 0.5) is 11.5 Å². The predicted molar refractivity (Wildman–Crippen MR) is 72.9 cm³/mol. The molecule has 0 aromatic carbocycles. The van der Waals surface area contributed by atoms with Crippen LogP contribution in [-0.4, -0.2) is 15.9 Å². The molecule has 0 saturated carbocycles. The summed E-state index contributed by atoms with van der Waals surface area (Å²) < 4.78 is 0. The van der Waals surface area contributed by atoms with E-state index < -0.39 is 0 Å². The zero-order chi connectivity index (χ0) is 13.3. The summed E-state index contributed by atoms with van der Waals surface area (Å²) in [6.45, 7) is 5.55. The number of hydrogen-bond acceptors (Lipinski definition) is 5. The van der Waals surface area contributed by atoms with E-state index in [0.29, 0.717) is 16.4 Å². The third-order valence-electron chi connectivity index (χ3n) is 2.44. The largest absolute Gasteiger partial charge is 0.397 e. The lowest BCUT2D eigenvalue weighted by Crippen LogP contribution is -2.13. The van der Waals surface area contributed by atoms with Crippen molar-refractivity contribution in [1.82, 2.24) is 9.97 Å². The maximum Gasteiger partial charge on any atom is 0.268 e. The molecule has 0 aliphatic heterocycles. The van der Waals surface area contributed by atoms with Gasteiger partial charge < -0.3 is 11.1 Å². The third-order valence-corrected chi connectivity index (χ3v) is 3.51. The van der Waals surface area contributed by atoms with Gasteiger partial charge in [-0.1, -0.05) is 0 Å². The molecule has 0 fully saturated rings. The van der Waals surface area contributed by atoms with Gasteiger partial charge in [0.15, 0.2) is 0 Å². The van der Waals surface area contributed by atoms with Crippen molar-refractivity contribution in [2.24, 2.45) is 0 Å².